The lowest BCUT2D eigenvalue weighted by Crippen LogP contribution is -2.24. The van der Waals surface area contributed by atoms with E-state index in [2.05, 4.69) is 15.3 Å². The fourth-order valence-corrected chi connectivity index (χ4v) is 1.73. The number of hydrogen-bond acceptors (Lipinski definition) is 4. The van der Waals surface area contributed by atoms with Crippen molar-refractivity contribution < 1.29 is 9.53 Å². The van der Waals surface area contributed by atoms with E-state index < -0.39 is 6.09 Å². The second-order valence-electron chi connectivity index (χ2n) is 4.44. The van der Waals surface area contributed by atoms with Crippen LogP contribution in [-0.2, 0) is 11.3 Å². The van der Waals surface area contributed by atoms with Gasteiger partial charge in [0.2, 0.25) is 0 Å². The lowest BCUT2D eigenvalue weighted by molar-refractivity contribution is 0.140. The molecule has 114 valence electrons. The smallest absolute Gasteiger partial charge is 0.407 e. The van der Waals surface area contributed by atoms with Crippen molar-refractivity contribution >= 4 is 23.8 Å². The van der Waals surface area contributed by atoms with Crippen molar-refractivity contribution in [3.05, 3.63) is 65.2 Å². The van der Waals surface area contributed by atoms with Crippen LogP contribution in [0.1, 0.15) is 17.8 Å². The average molecular weight is 318 g/mol. The van der Waals surface area contributed by atoms with Crippen molar-refractivity contribution in [3.63, 3.8) is 0 Å². The lowest BCUT2D eigenvalue weighted by Gasteiger charge is -2.05. The van der Waals surface area contributed by atoms with Crippen molar-refractivity contribution in [3.8, 4) is 0 Å². The SMILES string of the molecule is O=C(NCCC=Cc1ncc(Cl)cn1)OCc1ccccc1. The van der Waals surface area contributed by atoms with Gasteiger partial charge in [0.05, 0.1) is 5.02 Å². The second-order valence-corrected chi connectivity index (χ2v) is 4.88. The number of halogens is 1. The molecule has 22 heavy (non-hydrogen) atoms. The number of ether oxygens (including phenoxy) is 1. The van der Waals surface area contributed by atoms with E-state index >= 15 is 0 Å². The van der Waals surface area contributed by atoms with E-state index in [0.717, 1.165) is 5.56 Å². The molecule has 1 heterocycles. The van der Waals surface area contributed by atoms with Gasteiger partial charge in [0.1, 0.15) is 6.61 Å². The van der Waals surface area contributed by atoms with Crippen LogP contribution < -0.4 is 5.32 Å². The van der Waals surface area contributed by atoms with Crippen LogP contribution in [0.25, 0.3) is 6.08 Å². The van der Waals surface area contributed by atoms with E-state index in [1.165, 1.54) is 12.4 Å². The molecule has 0 saturated carbocycles. The molecular formula is C16H16ClN3O2. The maximum Gasteiger partial charge on any atom is 0.407 e. The van der Waals surface area contributed by atoms with Crippen molar-refractivity contribution in [1.82, 2.24) is 15.3 Å². The quantitative estimate of drug-likeness (QED) is 0.829. The van der Waals surface area contributed by atoms with Gasteiger partial charge in [0.15, 0.2) is 5.82 Å². The Kier molecular flexibility index (Phi) is 6.39. The van der Waals surface area contributed by atoms with E-state index in [0.29, 0.717) is 23.8 Å². The minimum Gasteiger partial charge on any atom is -0.445 e. The normalized spacial score (nSPS) is 10.6. The Labute approximate surface area is 134 Å². The number of aromatic nitrogens is 2. The van der Waals surface area contributed by atoms with Gasteiger partial charge in [-0.3, -0.25) is 0 Å². The number of amides is 1. The average Bonchev–Trinajstić information content (AvgIpc) is 2.55. The fraction of sp³-hybridized carbons (Fsp3) is 0.188. The molecule has 1 aromatic carbocycles. The molecule has 0 aliphatic heterocycles. The number of nitrogens with one attached hydrogen (secondary N) is 1. The molecule has 1 amide bonds. The van der Waals surface area contributed by atoms with Crippen molar-refractivity contribution in [1.29, 1.82) is 0 Å². The van der Waals surface area contributed by atoms with Crippen LogP contribution in [0.15, 0.2) is 48.8 Å². The topological polar surface area (TPSA) is 64.1 Å². The molecule has 0 unspecified atom stereocenters. The Morgan fingerprint density at radius 1 is 1.23 bits per heavy atom. The predicted octanol–water partition coefficient (Wildman–Crippen LogP) is 3.46. The third-order valence-electron chi connectivity index (χ3n) is 2.70. The summed E-state index contributed by atoms with van der Waals surface area (Å²) in [4.78, 5) is 19.6. The third kappa shape index (κ3) is 5.93. The van der Waals surface area contributed by atoms with Gasteiger partial charge < -0.3 is 10.1 Å². The number of carbonyl (C=O) groups is 1. The van der Waals surface area contributed by atoms with Gasteiger partial charge in [0, 0.05) is 18.9 Å². The van der Waals surface area contributed by atoms with Crippen LogP contribution in [0, 0.1) is 0 Å². The molecule has 0 atom stereocenters. The molecule has 2 aromatic rings. The summed E-state index contributed by atoms with van der Waals surface area (Å²) < 4.78 is 5.09. The Morgan fingerprint density at radius 3 is 2.68 bits per heavy atom. The summed E-state index contributed by atoms with van der Waals surface area (Å²) in [6.45, 7) is 0.749. The Hall–Kier alpha value is -2.40. The Morgan fingerprint density at radius 2 is 1.95 bits per heavy atom. The van der Waals surface area contributed by atoms with Crippen LogP contribution in [0.5, 0.6) is 0 Å². The summed E-state index contributed by atoms with van der Waals surface area (Å²) in [5.41, 5.74) is 0.956. The monoisotopic (exact) mass is 317 g/mol. The first kappa shape index (κ1) is 16.0. The molecule has 0 fully saturated rings. The Balaban J connectivity index is 1.61. The number of carbonyl (C=O) groups excluding carboxylic acids is 1. The molecule has 1 N–H and O–H groups in total. The first-order chi connectivity index (χ1) is 10.7. The zero-order valence-electron chi connectivity index (χ0n) is 11.9. The van der Waals surface area contributed by atoms with Gasteiger partial charge in [-0.2, -0.15) is 0 Å². The van der Waals surface area contributed by atoms with Crippen molar-refractivity contribution in [2.45, 2.75) is 13.0 Å². The van der Waals surface area contributed by atoms with Gasteiger partial charge in [0.25, 0.3) is 0 Å². The van der Waals surface area contributed by atoms with Gasteiger partial charge in [-0.15, -0.1) is 0 Å². The second kappa shape index (κ2) is 8.79. The van der Waals surface area contributed by atoms with Gasteiger partial charge in [-0.1, -0.05) is 48.0 Å². The molecular weight excluding hydrogens is 302 g/mol. The van der Waals surface area contributed by atoms with E-state index in [9.17, 15) is 4.79 Å². The van der Waals surface area contributed by atoms with Crippen LogP contribution in [0.2, 0.25) is 5.02 Å². The van der Waals surface area contributed by atoms with E-state index in [1.54, 1.807) is 6.08 Å². The maximum absolute atomic E-state index is 11.5. The number of benzene rings is 1. The first-order valence-corrected chi connectivity index (χ1v) is 7.20. The molecule has 5 nitrogen and oxygen atoms in total. The maximum atomic E-state index is 11.5. The highest BCUT2D eigenvalue weighted by atomic mass is 35.5. The van der Waals surface area contributed by atoms with E-state index in [-0.39, 0.29) is 6.61 Å². The minimum absolute atomic E-state index is 0.265. The van der Waals surface area contributed by atoms with Crippen molar-refractivity contribution in [2.24, 2.45) is 0 Å². The van der Waals surface area contributed by atoms with Gasteiger partial charge in [-0.05, 0) is 18.1 Å². The summed E-state index contributed by atoms with van der Waals surface area (Å²) in [6, 6.07) is 9.53. The molecule has 0 radical (unpaired) electrons. The number of hydrogen-bond donors (Lipinski definition) is 1. The lowest BCUT2D eigenvalue weighted by atomic mass is 10.2. The molecule has 0 saturated heterocycles. The highest BCUT2D eigenvalue weighted by Crippen LogP contribution is 2.04. The summed E-state index contributed by atoms with van der Waals surface area (Å²) >= 11 is 5.69. The summed E-state index contributed by atoms with van der Waals surface area (Å²) in [5.74, 6) is 0.580. The zero-order valence-corrected chi connectivity index (χ0v) is 12.7. The fourth-order valence-electron chi connectivity index (χ4n) is 1.63. The molecule has 1 aromatic heterocycles. The number of alkyl carbamates (subject to hydrolysis) is 1. The van der Waals surface area contributed by atoms with Gasteiger partial charge >= 0.3 is 6.09 Å². The van der Waals surface area contributed by atoms with Crippen molar-refractivity contribution in [2.75, 3.05) is 6.54 Å². The zero-order chi connectivity index (χ0) is 15.6. The summed E-state index contributed by atoms with van der Waals surface area (Å²) in [7, 11) is 0. The molecule has 0 bridgehead atoms. The van der Waals surface area contributed by atoms with Crippen LogP contribution in [-0.4, -0.2) is 22.6 Å². The third-order valence-corrected chi connectivity index (χ3v) is 2.90. The molecule has 0 spiro atoms. The highest BCUT2D eigenvalue weighted by molar-refractivity contribution is 6.30. The number of nitrogens with zero attached hydrogens (tertiary/aromatic N) is 2. The number of rotatable bonds is 6. The van der Waals surface area contributed by atoms with E-state index in [4.69, 9.17) is 16.3 Å². The van der Waals surface area contributed by atoms with Gasteiger partial charge in [-0.25, -0.2) is 14.8 Å². The Bertz CT molecular complexity index is 615. The van der Waals surface area contributed by atoms with Crippen LogP contribution >= 0.6 is 11.6 Å². The van der Waals surface area contributed by atoms with E-state index in [1.807, 2.05) is 36.4 Å². The minimum atomic E-state index is -0.431. The molecule has 2 rings (SSSR count). The predicted molar refractivity (Wildman–Crippen MR) is 85.3 cm³/mol. The molecule has 0 aliphatic rings. The summed E-state index contributed by atoms with van der Waals surface area (Å²) in [6.07, 6.45) is 6.95. The van der Waals surface area contributed by atoms with Crippen LogP contribution in [0.4, 0.5) is 4.79 Å². The summed E-state index contributed by atoms with van der Waals surface area (Å²) in [5, 5.41) is 3.17. The van der Waals surface area contributed by atoms with Crippen LogP contribution in [0.3, 0.4) is 0 Å². The molecule has 6 heteroatoms. The standard InChI is InChI=1S/C16H16ClN3O2/c17-14-10-19-15(20-11-14)8-4-5-9-18-16(21)22-12-13-6-2-1-3-7-13/h1-4,6-8,10-11H,5,9,12H2,(H,18,21). The largest absolute Gasteiger partial charge is 0.445 e. The first-order valence-electron chi connectivity index (χ1n) is 6.82. The molecule has 0 aliphatic carbocycles. The highest BCUT2D eigenvalue weighted by Gasteiger charge is 2.00.